The number of nitrogens with one attached hydrogen (secondary N) is 2. The average Bonchev–Trinajstić information content (AvgIpc) is 2.66. The summed E-state index contributed by atoms with van der Waals surface area (Å²) in [6, 6.07) is 0.228. The molecule has 1 aliphatic carbocycles. The van der Waals surface area contributed by atoms with Gasteiger partial charge in [0, 0.05) is 24.4 Å². The predicted octanol–water partition coefficient (Wildman–Crippen LogP) is 0.952. The van der Waals surface area contributed by atoms with E-state index in [4.69, 9.17) is 5.11 Å². The Labute approximate surface area is 95.2 Å². The van der Waals surface area contributed by atoms with Gasteiger partial charge in [0.1, 0.15) is 0 Å². The molecule has 15 heavy (non-hydrogen) atoms. The molecule has 0 saturated heterocycles. The minimum Gasteiger partial charge on any atom is -0.396 e. The molecule has 0 bridgehead atoms. The van der Waals surface area contributed by atoms with Gasteiger partial charge in [-0.3, -0.25) is 0 Å². The summed E-state index contributed by atoms with van der Waals surface area (Å²) in [5.74, 6) is 0. The molecule has 1 rings (SSSR count). The Hall–Kier alpha value is -0.420. The molecule has 0 heterocycles. The molecule has 1 aliphatic rings. The summed E-state index contributed by atoms with van der Waals surface area (Å²) in [4.78, 5) is 11.4. The van der Waals surface area contributed by atoms with Crippen LogP contribution in [0.5, 0.6) is 0 Å². The number of carbonyl (C=O) groups is 1. The molecule has 4 nitrogen and oxygen atoms in total. The molecule has 5 heteroatoms. The van der Waals surface area contributed by atoms with Gasteiger partial charge in [0.25, 0.3) is 0 Å². The molecule has 0 aromatic carbocycles. The fraction of sp³-hybridized carbons (Fsp3) is 0.900. The molecule has 2 atom stereocenters. The highest BCUT2D eigenvalue weighted by Crippen LogP contribution is 2.27. The molecule has 88 valence electrons. The van der Waals surface area contributed by atoms with Gasteiger partial charge < -0.3 is 15.7 Å². The highest BCUT2D eigenvalue weighted by molar-refractivity contribution is 7.99. The quantitative estimate of drug-likeness (QED) is 0.619. The Kier molecular flexibility index (Phi) is 5.86. The Balaban J connectivity index is 2.10. The summed E-state index contributed by atoms with van der Waals surface area (Å²) in [7, 11) is 0. The molecule has 0 aromatic heterocycles. The van der Waals surface area contributed by atoms with E-state index >= 15 is 0 Å². The monoisotopic (exact) mass is 232 g/mol. The van der Waals surface area contributed by atoms with Crippen LogP contribution in [-0.2, 0) is 0 Å². The van der Waals surface area contributed by atoms with Crippen LogP contribution in [0.1, 0.15) is 25.7 Å². The third-order valence-corrected chi connectivity index (χ3v) is 3.77. The van der Waals surface area contributed by atoms with Crippen LogP contribution in [0.25, 0.3) is 0 Å². The van der Waals surface area contributed by atoms with Crippen molar-refractivity contribution in [1.29, 1.82) is 0 Å². The lowest BCUT2D eigenvalue weighted by molar-refractivity contribution is 0.234. The van der Waals surface area contributed by atoms with Crippen molar-refractivity contribution in [2.75, 3.05) is 19.4 Å². The summed E-state index contributed by atoms with van der Waals surface area (Å²) in [5, 5.41) is 14.9. The van der Waals surface area contributed by atoms with Crippen LogP contribution in [0.15, 0.2) is 0 Å². The molecule has 1 fully saturated rings. The van der Waals surface area contributed by atoms with Gasteiger partial charge in [-0.1, -0.05) is 0 Å². The highest BCUT2D eigenvalue weighted by Gasteiger charge is 2.24. The van der Waals surface area contributed by atoms with E-state index in [1.165, 1.54) is 6.42 Å². The molecule has 1 saturated carbocycles. The molecule has 2 amide bonds. The van der Waals surface area contributed by atoms with Gasteiger partial charge in [-0.25, -0.2) is 4.79 Å². The topological polar surface area (TPSA) is 61.4 Å². The van der Waals surface area contributed by atoms with E-state index in [9.17, 15) is 4.79 Å². The Bertz CT molecular complexity index is 202. The van der Waals surface area contributed by atoms with Crippen molar-refractivity contribution in [1.82, 2.24) is 10.6 Å². The van der Waals surface area contributed by atoms with Gasteiger partial charge in [0.2, 0.25) is 0 Å². The average molecular weight is 232 g/mol. The number of aliphatic hydroxyl groups excluding tert-OH is 1. The SMILES string of the molecule is CS[C@@H]1CC[C@@H](NC(=O)NCCCO)C1. The second-order valence-corrected chi connectivity index (χ2v) is 4.98. The molecular formula is C10H20N2O2S. The maximum atomic E-state index is 11.4. The van der Waals surface area contributed by atoms with E-state index in [0.717, 1.165) is 12.8 Å². The summed E-state index contributed by atoms with van der Waals surface area (Å²) in [6.45, 7) is 0.666. The lowest BCUT2D eigenvalue weighted by atomic mass is 10.2. The third kappa shape index (κ3) is 4.75. The Morgan fingerprint density at radius 2 is 2.33 bits per heavy atom. The van der Waals surface area contributed by atoms with Gasteiger partial charge in [-0.2, -0.15) is 11.8 Å². The number of amides is 2. The van der Waals surface area contributed by atoms with Gasteiger partial charge in [0.15, 0.2) is 0 Å². The van der Waals surface area contributed by atoms with Crippen LogP contribution < -0.4 is 10.6 Å². The van der Waals surface area contributed by atoms with Crippen LogP contribution in [0, 0.1) is 0 Å². The van der Waals surface area contributed by atoms with Crippen LogP contribution in [0.2, 0.25) is 0 Å². The van der Waals surface area contributed by atoms with Crippen molar-refractivity contribution in [3.05, 3.63) is 0 Å². The lowest BCUT2D eigenvalue weighted by Crippen LogP contribution is -2.41. The third-order valence-electron chi connectivity index (χ3n) is 2.67. The van der Waals surface area contributed by atoms with E-state index in [1.807, 2.05) is 11.8 Å². The minimum absolute atomic E-state index is 0.102. The van der Waals surface area contributed by atoms with Crippen LogP contribution in [0.4, 0.5) is 4.79 Å². The number of thioether (sulfide) groups is 1. The molecule has 0 unspecified atom stereocenters. The zero-order valence-electron chi connectivity index (χ0n) is 9.16. The number of aliphatic hydroxyl groups is 1. The van der Waals surface area contributed by atoms with E-state index in [1.54, 1.807) is 0 Å². The first kappa shape index (κ1) is 12.6. The van der Waals surface area contributed by atoms with Crippen molar-refractivity contribution in [2.24, 2.45) is 0 Å². The van der Waals surface area contributed by atoms with Crippen molar-refractivity contribution in [3.63, 3.8) is 0 Å². The first-order valence-electron chi connectivity index (χ1n) is 5.44. The van der Waals surface area contributed by atoms with Crippen molar-refractivity contribution in [2.45, 2.75) is 37.0 Å². The second kappa shape index (κ2) is 6.95. The fourth-order valence-corrected chi connectivity index (χ4v) is 2.60. The van der Waals surface area contributed by atoms with E-state index < -0.39 is 0 Å². The fourth-order valence-electron chi connectivity index (χ4n) is 1.80. The number of hydrogen-bond donors (Lipinski definition) is 3. The first-order chi connectivity index (χ1) is 7.26. The Morgan fingerprint density at radius 3 is 2.93 bits per heavy atom. The molecule has 3 N–H and O–H groups in total. The van der Waals surface area contributed by atoms with E-state index in [-0.39, 0.29) is 12.6 Å². The molecule has 0 aliphatic heterocycles. The summed E-state index contributed by atoms with van der Waals surface area (Å²) in [5.41, 5.74) is 0. The lowest BCUT2D eigenvalue weighted by Gasteiger charge is -2.13. The number of carbonyl (C=O) groups excluding carboxylic acids is 1. The zero-order valence-corrected chi connectivity index (χ0v) is 9.98. The molecular weight excluding hydrogens is 212 g/mol. The second-order valence-electron chi connectivity index (χ2n) is 3.85. The summed E-state index contributed by atoms with van der Waals surface area (Å²) >= 11 is 1.88. The van der Waals surface area contributed by atoms with Gasteiger partial charge in [0.05, 0.1) is 0 Å². The van der Waals surface area contributed by atoms with Crippen molar-refractivity contribution < 1.29 is 9.90 Å². The molecule has 0 spiro atoms. The number of rotatable bonds is 5. The first-order valence-corrected chi connectivity index (χ1v) is 6.73. The maximum absolute atomic E-state index is 11.4. The number of hydrogen-bond acceptors (Lipinski definition) is 3. The van der Waals surface area contributed by atoms with Crippen molar-refractivity contribution in [3.8, 4) is 0 Å². The highest BCUT2D eigenvalue weighted by atomic mass is 32.2. The summed E-state index contributed by atoms with van der Waals surface area (Å²) in [6.07, 6.45) is 6.09. The standard InChI is InChI=1S/C10H20N2O2S/c1-15-9-4-3-8(7-9)12-10(14)11-5-2-6-13/h8-9,13H,2-7H2,1H3,(H2,11,12,14)/t8-,9-/m1/s1. The van der Waals surface area contributed by atoms with Gasteiger partial charge in [-0.15, -0.1) is 0 Å². The van der Waals surface area contributed by atoms with Crippen LogP contribution in [-0.4, -0.2) is 41.8 Å². The zero-order chi connectivity index (χ0) is 11.1. The summed E-state index contributed by atoms with van der Waals surface area (Å²) < 4.78 is 0. The normalized spacial score (nSPS) is 25.2. The molecule has 0 aromatic rings. The largest absolute Gasteiger partial charge is 0.396 e. The predicted molar refractivity (Wildman–Crippen MR) is 63.2 cm³/mol. The van der Waals surface area contributed by atoms with Crippen LogP contribution in [0.3, 0.4) is 0 Å². The minimum atomic E-state index is -0.102. The smallest absolute Gasteiger partial charge is 0.315 e. The van der Waals surface area contributed by atoms with Gasteiger partial charge in [-0.05, 0) is 31.9 Å². The molecule has 0 radical (unpaired) electrons. The van der Waals surface area contributed by atoms with E-state index in [0.29, 0.717) is 24.3 Å². The maximum Gasteiger partial charge on any atom is 0.315 e. The number of urea groups is 1. The van der Waals surface area contributed by atoms with Gasteiger partial charge >= 0.3 is 6.03 Å². The van der Waals surface area contributed by atoms with Crippen molar-refractivity contribution >= 4 is 17.8 Å². The van der Waals surface area contributed by atoms with E-state index in [2.05, 4.69) is 16.9 Å². The van der Waals surface area contributed by atoms with Crippen LogP contribution >= 0.6 is 11.8 Å². The Morgan fingerprint density at radius 1 is 1.53 bits per heavy atom.